The minimum Gasteiger partial charge on any atom is -0.392 e. The quantitative estimate of drug-likeness (QED) is 0.685. The van der Waals surface area contributed by atoms with Crippen molar-refractivity contribution < 1.29 is 9.90 Å². The van der Waals surface area contributed by atoms with Gasteiger partial charge in [-0.25, -0.2) is 0 Å². The number of rotatable bonds is 6. The first-order chi connectivity index (χ1) is 7.66. The molecule has 0 aliphatic heterocycles. The van der Waals surface area contributed by atoms with E-state index in [0.717, 1.165) is 17.7 Å². The Hall–Kier alpha value is -0.910. The normalized spacial score (nSPS) is 17.3. The van der Waals surface area contributed by atoms with Crippen LogP contribution in [0.5, 0.6) is 0 Å². The SMILES string of the molecule is NC(=O)c1csc(CNCC(O)C2CC2)c1. The predicted octanol–water partition coefficient (Wildman–Crippen LogP) is 0.707. The summed E-state index contributed by atoms with van der Waals surface area (Å²) in [6.07, 6.45) is 2.07. The van der Waals surface area contributed by atoms with Crippen molar-refractivity contribution in [3.05, 3.63) is 21.9 Å². The zero-order valence-electron chi connectivity index (χ0n) is 8.98. The van der Waals surface area contributed by atoms with Crippen LogP contribution in [0.25, 0.3) is 0 Å². The van der Waals surface area contributed by atoms with Crippen LogP contribution in [-0.2, 0) is 6.54 Å². The second kappa shape index (κ2) is 4.95. The van der Waals surface area contributed by atoms with Crippen LogP contribution in [0.15, 0.2) is 11.4 Å². The van der Waals surface area contributed by atoms with E-state index in [0.29, 0.717) is 24.6 Å². The van der Waals surface area contributed by atoms with E-state index in [-0.39, 0.29) is 12.0 Å². The van der Waals surface area contributed by atoms with Gasteiger partial charge < -0.3 is 16.2 Å². The lowest BCUT2D eigenvalue weighted by atomic mass is 10.2. The van der Waals surface area contributed by atoms with Crippen LogP contribution in [0.3, 0.4) is 0 Å². The van der Waals surface area contributed by atoms with Crippen molar-refractivity contribution in [2.24, 2.45) is 11.7 Å². The molecule has 0 aromatic carbocycles. The summed E-state index contributed by atoms with van der Waals surface area (Å²) in [7, 11) is 0. The number of amides is 1. The monoisotopic (exact) mass is 240 g/mol. The van der Waals surface area contributed by atoms with E-state index in [9.17, 15) is 9.90 Å². The molecule has 1 fully saturated rings. The Morgan fingerprint density at radius 3 is 3.00 bits per heavy atom. The topological polar surface area (TPSA) is 75.4 Å². The molecule has 1 unspecified atom stereocenters. The van der Waals surface area contributed by atoms with Gasteiger partial charge in [0.2, 0.25) is 5.91 Å². The van der Waals surface area contributed by atoms with E-state index in [1.54, 1.807) is 11.4 Å². The summed E-state index contributed by atoms with van der Waals surface area (Å²) < 4.78 is 0. The molecule has 1 heterocycles. The van der Waals surface area contributed by atoms with Crippen molar-refractivity contribution in [3.63, 3.8) is 0 Å². The van der Waals surface area contributed by atoms with Gasteiger partial charge in [-0.05, 0) is 24.8 Å². The van der Waals surface area contributed by atoms with Crippen LogP contribution in [0, 0.1) is 5.92 Å². The minimum atomic E-state index is -0.388. The summed E-state index contributed by atoms with van der Waals surface area (Å²) in [6.45, 7) is 1.30. The van der Waals surface area contributed by atoms with Crippen LogP contribution in [-0.4, -0.2) is 23.7 Å². The predicted molar refractivity (Wildman–Crippen MR) is 63.3 cm³/mol. The first-order valence-corrected chi connectivity index (χ1v) is 6.31. The van der Waals surface area contributed by atoms with Crippen molar-refractivity contribution >= 4 is 17.2 Å². The summed E-state index contributed by atoms with van der Waals surface area (Å²) in [4.78, 5) is 11.9. The van der Waals surface area contributed by atoms with Gasteiger partial charge in [-0.1, -0.05) is 0 Å². The first-order valence-electron chi connectivity index (χ1n) is 5.43. The molecule has 1 aromatic heterocycles. The fourth-order valence-electron chi connectivity index (χ4n) is 1.59. The van der Waals surface area contributed by atoms with Crippen LogP contribution >= 0.6 is 11.3 Å². The van der Waals surface area contributed by atoms with E-state index < -0.39 is 0 Å². The molecule has 1 aliphatic carbocycles. The summed E-state index contributed by atoms with van der Waals surface area (Å²) in [6, 6.07) is 1.80. The highest BCUT2D eigenvalue weighted by Gasteiger charge is 2.29. The Labute approximate surface area is 98.5 Å². The van der Waals surface area contributed by atoms with E-state index in [4.69, 9.17) is 5.73 Å². The third kappa shape index (κ3) is 3.04. The van der Waals surface area contributed by atoms with Crippen molar-refractivity contribution in [1.29, 1.82) is 0 Å². The molecule has 5 heteroatoms. The average Bonchev–Trinajstić information content (AvgIpc) is 2.98. The molecule has 0 spiro atoms. The van der Waals surface area contributed by atoms with Gasteiger partial charge in [0, 0.05) is 23.3 Å². The molecule has 1 amide bonds. The molecular formula is C11H16N2O2S. The third-order valence-corrected chi connectivity index (χ3v) is 3.69. The van der Waals surface area contributed by atoms with Gasteiger partial charge in [0.1, 0.15) is 0 Å². The van der Waals surface area contributed by atoms with Crippen LogP contribution in [0.4, 0.5) is 0 Å². The fourth-order valence-corrected chi connectivity index (χ4v) is 2.44. The number of thiophene rings is 1. The van der Waals surface area contributed by atoms with E-state index in [1.807, 2.05) is 0 Å². The molecule has 4 N–H and O–H groups in total. The minimum absolute atomic E-state index is 0.226. The lowest BCUT2D eigenvalue weighted by Crippen LogP contribution is -2.27. The summed E-state index contributed by atoms with van der Waals surface area (Å²) >= 11 is 1.51. The maximum Gasteiger partial charge on any atom is 0.249 e. The largest absolute Gasteiger partial charge is 0.392 e. The molecule has 0 bridgehead atoms. The number of hydrogen-bond donors (Lipinski definition) is 3. The lowest BCUT2D eigenvalue weighted by Gasteiger charge is -2.09. The highest BCUT2D eigenvalue weighted by molar-refractivity contribution is 7.10. The molecular weight excluding hydrogens is 224 g/mol. The standard InChI is InChI=1S/C11H16N2O2S/c12-11(15)8-3-9(16-6-8)4-13-5-10(14)7-1-2-7/h3,6-7,10,13-14H,1-2,4-5H2,(H2,12,15). The van der Waals surface area contributed by atoms with Crippen molar-refractivity contribution in [1.82, 2.24) is 5.32 Å². The zero-order valence-corrected chi connectivity index (χ0v) is 9.80. The number of nitrogens with one attached hydrogen (secondary N) is 1. The van der Waals surface area contributed by atoms with E-state index in [1.165, 1.54) is 11.3 Å². The number of primary amides is 1. The van der Waals surface area contributed by atoms with Crippen LogP contribution in [0.1, 0.15) is 28.1 Å². The molecule has 0 radical (unpaired) electrons. The van der Waals surface area contributed by atoms with Crippen LogP contribution in [0.2, 0.25) is 0 Å². The van der Waals surface area contributed by atoms with Crippen LogP contribution < -0.4 is 11.1 Å². The Balaban J connectivity index is 1.73. The average molecular weight is 240 g/mol. The number of hydrogen-bond acceptors (Lipinski definition) is 4. The number of carbonyl (C=O) groups excluding carboxylic acids is 1. The molecule has 4 nitrogen and oxygen atoms in total. The fraction of sp³-hybridized carbons (Fsp3) is 0.545. The Morgan fingerprint density at radius 2 is 2.44 bits per heavy atom. The van der Waals surface area contributed by atoms with Gasteiger partial charge in [-0.2, -0.15) is 0 Å². The summed E-state index contributed by atoms with van der Waals surface area (Å²) in [5.74, 6) is 0.109. The molecule has 1 aliphatic rings. The molecule has 88 valence electrons. The van der Waals surface area contributed by atoms with Gasteiger partial charge in [0.15, 0.2) is 0 Å². The number of aliphatic hydroxyl groups is 1. The maximum absolute atomic E-state index is 10.9. The Morgan fingerprint density at radius 1 is 1.69 bits per heavy atom. The van der Waals surface area contributed by atoms with Gasteiger partial charge in [0.25, 0.3) is 0 Å². The molecule has 16 heavy (non-hydrogen) atoms. The Kier molecular flexibility index (Phi) is 3.58. The molecule has 1 atom stereocenters. The highest BCUT2D eigenvalue weighted by Crippen LogP contribution is 2.32. The first kappa shape index (κ1) is 11.6. The lowest BCUT2D eigenvalue weighted by molar-refractivity contribution is 0.100. The van der Waals surface area contributed by atoms with Gasteiger partial charge >= 0.3 is 0 Å². The second-order valence-corrected chi connectivity index (χ2v) is 5.20. The van der Waals surface area contributed by atoms with E-state index in [2.05, 4.69) is 5.32 Å². The smallest absolute Gasteiger partial charge is 0.249 e. The van der Waals surface area contributed by atoms with Crippen molar-refractivity contribution in [2.45, 2.75) is 25.5 Å². The molecule has 2 rings (SSSR count). The molecule has 1 saturated carbocycles. The maximum atomic E-state index is 10.9. The van der Waals surface area contributed by atoms with Gasteiger partial charge in [-0.15, -0.1) is 11.3 Å². The zero-order chi connectivity index (χ0) is 11.5. The number of carbonyl (C=O) groups is 1. The highest BCUT2D eigenvalue weighted by atomic mass is 32.1. The second-order valence-electron chi connectivity index (χ2n) is 4.20. The summed E-state index contributed by atoms with van der Waals surface area (Å²) in [5.41, 5.74) is 5.72. The van der Waals surface area contributed by atoms with Gasteiger partial charge in [-0.3, -0.25) is 4.79 Å². The number of nitrogens with two attached hydrogens (primary N) is 1. The van der Waals surface area contributed by atoms with Gasteiger partial charge in [0.05, 0.1) is 11.7 Å². The summed E-state index contributed by atoms with van der Waals surface area (Å²) in [5, 5.41) is 14.6. The third-order valence-electron chi connectivity index (χ3n) is 2.76. The van der Waals surface area contributed by atoms with E-state index >= 15 is 0 Å². The van der Waals surface area contributed by atoms with Crippen molar-refractivity contribution in [3.8, 4) is 0 Å². The molecule has 1 aromatic rings. The van der Waals surface area contributed by atoms with Crippen molar-refractivity contribution in [2.75, 3.05) is 6.54 Å². The number of aliphatic hydroxyl groups excluding tert-OH is 1. The molecule has 0 saturated heterocycles. The Bertz CT molecular complexity index is 374.